The highest BCUT2D eigenvalue weighted by Crippen LogP contribution is 2.08. The van der Waals surface area contributed by atoms with E-state index < -0.39 is 0 Å². The van der Waals surface area contributed by atoms with Crippen molar-refractivity contribution in [2.75, 3.05) is 0 Å². The number of hydrogen-bond donors (Lipinski definition) is 2. The summed E-state index contributed by atoms with van der Waals surface area (Å²) in [6.45, 7) is 1.04. The van der Waals surface area contributed by atoms with Crippen LogP contribution in [0.25, 0.3) is 0 Å². The van der Waals surface area contributed by atoms with Crippen LogP contribution in [-0.4, -0.2) is 5.91 Å². The summed E-state index contributed by atoms with van der Waals surface area (Å²) >= 11 is 0. The van der Waals surface area contributed by atoms with Crippen LogP contribution in [0.15, 0.2) is 54.6 Å². The summed E-state index contributed by atoms with van der Waals surface area (Å²) in [6.07, 6.45) is 1.28. The van der Waals surface area contributed by atoms with Gasteiger partial charge in [0, 0.05) is 19.5 Å². The number of hydrogen-bond acceptors (Lipinski definition) is 2. The van der Waals surface area contributed by atoms with Crippen molar-refractivity contribution < 1.29 is 4.79 Å². The summed E-state index contributed by atoms with van der Waals surface area (Å²) in [7, 11) is 0. The fourth-order valence-electron chi connectivity index (χ4n) is 2.11. The van der Waals surface area contributed by atoms with E-state index in [1.54, 1.807) is 0 Å². The number of benzene rings is 2. The molecule has 0 radical (unpaired) electrons. The zero-order chi connectivity index (χ0) is 14.2. The Labute approximate surface area is 119 Å². The monoisotopic (exact) mass is 268 g/mol. The number of nitrogens with two attached hydrogens (primary N) is 1. The van der Waals surface area contributed by atoms with Crippen LogP contribution in [0.3, 0.4) is 0 Å². The van der Waals surface area contributed by atoms with Gasteiger partial charge in [-0.25, -0.2) is 0 Å². The van der Waals surface area contributed by atoms with E-state index in [2.05, 4.69) is 5.32 Å². The highest BCUT2D eigenvalue weighted by molar-refractivity contribution is 5.76. The lowest BCUT2D eigenvalue weighted by atomic mass is 10.1. The van der Waals surface area contributed by atoms with Crippen LogP contribution in [0.2, 0.25) is 0 Å². The minimum absolute atomic E-state index is 0.0701. The minimum Gasteiger partial charge on any atom is -0.352 e. The predicted molar refractivity (Wildman–Crippen MR) is 80.9 cm³/mol. The number of nitrogens with one attached hydrogen (secondary N) is 1. The third-order valence-corrected chi connectivity index (χ3v) is 3.30. The van der Waals surface area contributed by atoms with E-state index in [-0.39, 0.29) is 5.91 Å². The SMILES string of the molecule is NCc1ccccc1CNC(=O)CCc1ccccc1. The molecule has 0 atom stereocenters. The molecule has 3 heteroatoms. The van der Waals surface area contributed by atoms with Crippen molar-refractivity contribution in [1.29, 1.82) is 0 Å². The smallest absolute Gasteiger partial charge is 0.220 e. The molecule has 0 spiro atoms. The lowest BCUT2D eigenvalue weighted by Gasteiger charge is -2.09. The molecule has 0 aliphatic rings. The Kier molecular flexibility index (Phi) is 5.33. The van der Waals surface area contributed by atoms with Crippen LogP contribution in [0.4, 0.5) is 0 Å². The fourth-order valence-corrected chi connectivity index (χ4v) is 2.11. The van der Waals surface area contributed by atoms with E-state index in [9.17, 15) is 4.79 Å². The fraction of sp³-hybridized carbons (Fsp3) is 0.235. The molecule has 20 heavy (non-hydrogen) atoms. The van der Waals surface area contributed by atoms with Crippen molar-refractivity contribution in [3.8, 4) is 0 Å². The minimum atomic E-state index is 0.0701. The van der Waals surface area contributed by atoms with E-state index >= 15 is 0 Å². The van der Waals surface area contributed by atoms with Crippen LogP contribution in [0.1, 0.15) is 23.1 Å². The van der Waals surface area contributed by atoms with Gasteiger partial charge in [0.05, 0.1) is 0 Å². The molecule has 1 amide bonds. The van der Waals surface area contributed by atoms with Gasteiger partial charge in [-0.05, 0) is 23.1 Å². The Balaban J connectivity index is 1.80. The first-order valence-corrected chi connectivity index (χ1v) is 6.87. The van der Waals surface area contributed by atoms with Gasteiger partial charge in [-0.2, -0.15) is 0 Å². The number of rotatable bonds is 6. The highest BCUT2D eigenvalue weighted by atomic mass is 16.1. The molecular formula is C17H20N2O. The maximum atomic E-state index is 11.8. The van der Waals surface area contributed by atoms with Gasteiger partial charge < -0.3 is 11.1 Å². The van der Waals surface area contributed by atoms with Gasteiger partial charge in [-0.1, -0.05) is 54.6 Å². The first-order valence-electron chi connectivity index (χ1n) is 6.87. The number of aryl methyl sites for hydroxylation is 1. The third kappa shape index (κ3) is 4.21. The lowest BCUT2D eigenvalue weighted by Crippen LogP contribution is -2.23. The van der Waals surface area contributed by atoms with Crippen molar-refractivity contribution in [2.24, 2.45) is 5.73 Å². The van der Waals surface area contributed by atoms with E-state index in [0.29, 0.717) is 19.5 Å². The predicted octanol–water partition coefficient (Wildman–Crippen LogP) is 2.39. The van der Waals surface area contributed by atoms with Gasteiger partial charge in [-0.3, -0.25) is 4.79 Å². The third-order valence-electron chi connectivity index (χ3n) is 3.30. The Morgan fingerprint density at radius 1 is 0.950 bits per heavy atom. The maximum Gasteiger partial charge on any atom is 0.220 e. The Morgan fingerprint density at radius 3 is 2.30 bits per heavy atom. The molecule has 0 aliphatic heterocycles. The van der Waals surface area contributed by atoms with Gasteiger partial charge in [0.2, 0.25) is 5.91 Å². The quantitative estimate of drug-likeness (QED) is 0.845. The van der Waals surface area contributed by atoms with Gasteiger partial charge in [0.25, 0.3) is 0 Å². The molecule has 2 rings (SSSR count). The summed E-state index contributed by atoms with van der Waals surface area (Å²) in [6, 6.07) is 18.0. The summed E-state index contributed by atoms with van der Waals surface area (Å²) < 4.78 is 0. The number of carbonyl (C=O) groups is 1. The molecule has 0 unspecified atom stereocenters. The Hall–Kier alpha value is -2.13. The van der Waals surface area contributed by atoms with Gasteiger partial charge >= 0.3 is 0 Å². The van der Waals surface area contributed by atoms with Crippen LogP contribution >= 0.6 is 0 Å². The maximum absolute atomic E-state index is 11.8. The summed E-state index contributed by atoms with van der Waals surface area (Å²) in [5.74, 6) is 0.0701. The van der Waals surface area contributed by atoms with Crippen molar-refractivity contribution >= 4 is 5.91 Å². The van der Waals surface area contributed by atoms with E-state index in [1.165, 1.54) is 5.56 Å². The Morgan fingerprint density at radius 2 is 1.60 bits per heavy atom. The van der Waals surface area contributed by atoms with E-state index in [1.807, 2.05) is 54.6 Å². The van der Waals surface area contributed by atoms with Gasteiger partial charge in [0.15, 0.2) is 0 Å². The zero-order valence-electron chi connectivity index (χ0n) is 11.5. The molecule has 104 valence electrons. The second kappa shape index (κ2) is 7.46. The molecule has 0 saturated heterocycles. The molecule has 2 aromatic rings. The zero-order valence-corrected chi connectivity index (χ0v) is 11.5. The molecule has 0 aromatic heterocycles. The van der Waals surface area contributed by atoms with Crippen LogP contribution in [0, 0.1) is 0 Å². The molecule has 3 nitrogen and oxygen atoms in total. The second-order valence-electron chi connectivity index (χ2n) is 4.74. The van der Waals surface area contributed by atoms with Crippen molar-refractivity contribution in [2.45, 2.75) is 25.9 Å². The first-order chi connectivity index (χ1) is 9.79. The van der Waals surface area contributed by atoms with Crippen molar-refractivity contribution in [3.05, 3.63) is 71.3 Å². The second-order valence-corrected chi connectivity index (χ2v) is 4.74. The van der Waals surface area contributed by atoms with Crippen LogP contribution in [-0.2, 0) is 24.3 Å². The van der Waals surface area contributed by atoms with E-state index in [0.717, 1.165) is 17.5 Å². The van der Waals surface area contributed by atoms with Crippen LogP contribution in [0.5, 0.6) is 0 Å². The molecule has 0 saturated carbocycles. The normalized spacial score (nSPS) is 10.2. The van der Waals surface area contributed by atoms with Crippen molar-refractivity contribution in [3.63, 3.8) is 0 Å². The number of carbonyl (C=O) groups excluding carboxylic acids is 1. The topological polar surface area (TPSA) is 55.1 Å². The molecule has 0 heterocycles. The van der Waals surface area contributed by atoms with Crippen molar-refractivity contribution in [1.82, 2.24) is 5.32 Å². The molecule has 3 N–H and O–H groups in total. The summed E-state index contributed by atoms with van der Waals surface area (Å²) in [5.41, 5.74) is 9.03. The Bertz CT molecular complexity index is 552. The first kappa shape index (κ1) is 14.3. The van der Waals surface area contributed by atoms with Crippen LogP contribution < -0.4 is 11.1 Å². The molecule has 0 bridgehead atoms. The summed E-state index contributed by atoms with van der Waals surface area (Å²) in [5, 5.41) is 2.95. The lowest BCUT2D eigenvalue weighted by molar-refractivity contribution is -0.121. The van der Waals surface area contributed by atoms with Gasteiger partial charge in [-0.15, -0.1) is 0 Å². The summed E-state index contributed by atoms with van der Waals surface area (Å²) in [4.78, 5) is 11.8. The average Bonchev–Trinajstić information content (AvgIpc) is 2.52. The van der Waals surface area contributed by atoms with E-state index in [4.69, 9.17) is 5.73 Å². The average molecular weight is 268 g/mol. The molecule has 0 fully saturated rings. The molecular weight excluding hydrogens is 248 g/mol. The number of amides is 1. The van der Waals surface area contributed by atoms with Gasteiger partial charge in [0.1, 0.15) is 0 Å². The molecule has 2 aromatic carbocycles. The highest BCUT2D eigenvalue weighted by Gasteiger charge is 2.04. The largest absolute Gasteiger partial charge is 0.352 e. The standard InChI is InChI=1S/C17H20N2O/c18-12-15-8-4-5-9-16(15)13-19-17(20)11-10-14-6-2-1-3-7-14/h1-9H,10-13,18H2,(H,19,20). The molecule has 0 aliphatic carbocycles.